The number of nitrogens with one attached hydrogen (secondary N) is 1. The van der Waals surface area contributed by atoms with Gasteiger partial charge in [-0.1, -0.05) is 30.3 Å². The second-order valence-electron chi connectivity index (χ2n) is 4.20. The van der Waals surface area contributed by atoms with E-state index in [0.717, 1.165) is 5.56 Å². The molecule has 1 unspecified atom stereocenters. The lowest BCUT2D eigenvalue weighted by Gasteiger charge is -2.07. The van der Waals surface area contributed by atoms with E-state index in [2.05, 4.69) is 14.7 Å². The van der Waals surface area contributed by atoms with Crippen molar-refractivity contribution in [2.24, 2.45) is 0 Å². The fourth-order valence-corrected chi connectivity index (χ4v) is 2.36. The maximum atomic E-state index is 9.89. The van der Waals surface area contributed by atoms with Gasteiger partial charge in [-0.15, -0.1) is 0 Å². The highest BCUT2D eigenvalue weighted by atomic mass is 32.1. The third kappa shape index (κ3) is 2.87. The average Bonchev–Trinajstić information content (AvgIpc) is 3.17. The summed E-state index contributed by atoms with van der Waals surface area (Å²) < 4.78 is 9.43. The van der Waals surface area contributed by atoms with Crippen LogP contribution in [0, 0.1) is 0 Å². The summed E-state index contributed by atoms with van der Waals surface area (Å²) in [5.74, 6) is 1.22. The number of nitrogens with zero attached hydrogens (tertiary/aromatic N) is 2. The third-order valence-electron chi connectivity index (χ3n) is 2.78. The molecule has 5 nitrogen and oxygen atoms in total. The Bertz CT molecular complexity index is 652. The molecule has 1 atom stereocenters. The standard InChI is InChI=1S/C14H13N3O2S/c18-11(12-7-4-8-19-12)9-15-14-16-13(17-20-14)10-5-2-1-3-6-10/h1-8,11,18H,9H2,(H,15,16,17). The van der Waals surface area contributed by atoms with Crippen LogP contribution in [0.25, 0.3) is 11.4 Å². The minimum atomic E-state index is -0.700. The van der Waals surface area contributed by atoms with E-state index in [1.165, 1.54) is 17.8 Å². The quantitative estimate of drug-likeness (QED) is 0.755. The van der Waals surface area contributed by atoms with Crippen molar-refractivity contribution < 1.29 is 9.52 Å². The van der Waals surface area contributed by atoms with Gasteiger partial charge in [-0.2, -0.15) is 9.36 Å². The van der Waals surface area contributed by atoms with Crippen LogP contribution in [0.15, 0.2) is 53.1 Å². The van der Waals surface area contributed by atoms with Gasteiger partial charge >= 0.3 is 0 Å². The number of rotatable bonds is 5. The third-order valence-corrected chi connectivity index (χ3v) is 3.45. The molecule has 0 fully saturated rings. The Labute approximate surface area is 120 Å². The first-order valence-electron chi connectivity index (χ1n) is 6.17. The summed E-state index contributed by atoms with van der Waals surface area (Å²) in [4.78, 5) is 4.39. The largest absolute Gasteiger partial charge is 0.467 e. The van der Waals surface area contributed by atoms with Crippen LogP contribution >= 0.6 is 11.5 Å². The number of aromatic nitrogens is 2. The van der Waals surface area contributed by atoms with E-state index in [9.17, 15) is 5.11 Å². The summed E-state index contributed by atoms with van der Waals surface area (Å²) in [6.07, 6.45) is 0.839. The monoisotopic (exact) mass is 287 g/mol. The zero-order valence-electron chi connectivity index (χ0n) is 10.6. The molecule has 3 aromatic rings. The van der Waals surface area contributed by atoms with Gasteiger partial charge in [0.15, 0.2) is 5.82 Å². The normalized spacial score (nSPS) is 12.2. The molecule has 3 rings (SSSR count). The van der Waals surface area contributed by atoms with Crippen LogP contribution < -0.4 is 5.32 Å². The maximum absolute atomic E-state index is 9.89. The van der Waals surface area contributed by atoms with Crippen molar-refractivity contribution in [2.75, 3.05) is 11.9 Å². The molecular weight excluding hydrogens is 274 g/mol. The summed E-state index contributed by atoms with van der Waals surface area (Å²) in [5.41, 5.74) is 0.975. The highest BCUT2D eigenvalue weighted by molar-refractivity contribution is 7.09. The van der Waals surface area contributed by atoms with Crippen LogP contribution in [-0.4, -0.2) is 21.0 Å². The molecule has 0 amide bonds. The van der Waals surface area contributed by atoms with Crippen molar-refractivity contribution in [3.63, 3.8) is 0 Å². The average molecular weight is 287 g/mol. The molecule has 0 aliphatic rings. The number of benzene rings is 1. The maximum Gasteiger partial charge on any atom is 0.202 e. The summed E-state index contributed by atoms with van der Waals surface area (Å²) in [7, 11) is 0. The minimum Gasteiger partial charge on any atom is -0.467 e. The molecule has 0 aliphatic carbocycles. The van der Waals surface area contributed by atoms with Crippen LogP contribution in [0.4, 0.5) is 5.13 Å². The Morgan fingerprint density at radius 1 is 1.20 bits per heavy atom. The van der Waals surface area contributed by atoms with E-state index in [0.29, 0.717) is 23.3 Å². The number of aliphatic hydroxyl groups is 1. The predicted octanol–water partition coefficient (Wildman–Crippen LogP) is 2.94. The van der Waals surface area contributed by atoms with E-state index in [1.807, 2.05) is 30.3 Å². The Morgan fingerprint density at radius 3 is 2.80 bits per heavy atom. The van der Waals surface area contributed by atoms with Crippen LogP contribution in [-0.2, 0) is 0 Å². The predicted molar refractivity (Wildman–Crippen MR) is 77.5 cm³/mol. The number of furan rings is 1. The Morgan fingerprint density at radius 2 is 2.05 bits per heavy atom. The summed E-state index contributed by atoms with van der Waals surface area (Å²) in [5, 5.41) is 13.6. The molecule has 0 spiro atoms. The van der Waals surface area contributed by atoms with Crippen molar-refractivity contribution in [1.29, 1.82) is 0 Å². The zero-order chi connectivity index (χ0) is 13.8. The van der Waals surface area contributed by atoms with Crippen molar-refractivity contribution in [1.82, 2.24) is 9.36 Å². The smallest absolute Gasteiger partial charge is 0.202 e. The molecule has 0 radical (unpaired) electrons. The van der Waals surface area contributed by atoms with Crippen molar-refractivity contribution in [3.05, 3.63) is 54.5 Å². The second kappa shape index (κ2) is 5.85. The van der Waals surface area contributed by atoms with Gasteiger partial charge < -0.3 is 14.8 Å². The highest BCUT2D eigenvalue weighted by Gasteiger charge is 2.12. The van der Waals surface area contributed by atoms with Gasteiger partial charge in [0.25, 0.3) is 0 Å². The topological polar surface area (TPSA) is 71.2 Å². The summed E-state index contributed by atoms with van der Waals surface area (Å²) >= 11 is 1.27. The lowest BCUT2D eigenvalue weighted by molar-refractivity contribution is 0.162. The van der Waals surface area contributed by atoms with Crippen LogP contribution in [0.1, 0.15) is 11.9 Å². The van der Waals surface area contributed by atoms with E-state index >= 15 is 0 Å². The summed E-state index contributed by atoms with van der Waals surface area (Å²) in [6.45, 7) is 0.330. The molecule has 0 saturated heterocycles. The molecular formula is C14H13N3O2S. The molecule has 102 valence electrons. The van der Waals surface area contributed by atoms with Gasteiger partial charge in [0.1, 0.15) is 11.9 Å². The van der Waals surface area contributed by atoms with Gasteiger partial charge in [0.2, 0.25) is 5.13 Å². The lowest BCUT2D eigenvalue weighted by atomic mass is 10.2. The van der Waals surface area contributed by atoms with Crippen LogP contribution in [0.5, 0.6) is 0 Å². The molecule has 2 heterocycles. The second-order valence-corrected chi connectivity index (χ2v) is 4.95. The van der Waals surface area contributed by atoms with Gasteiger partial charge in [-0.25, -0.2) is 0 Å². The molecule has 6 heteroatoms. The molecule has 1 aromatic carbocycles. The number of anilines is 1. The van der Waals surface area contributed by atoms with Gasteiger partial charge in [-0.3, -0.25) is 0 Å². The highest BCUT2D eigenvalue weighted by Crippen LogP contribution is 2.21. The van der Waals surface area contributed by atoms with Crippen molar-refractivity contribution in [2.45, 2.75) is 6.10 Å². The molecule has 0 bridgehead atoms. The van der Waals surface area contributed by atoms with Gasteiger partial charge in [-0.05, 0) is 12.1 Å². The summed E-state index contributed by atoms with van der Waals surface area (Å²) in [6, 6.07) is 13.3. The lowest BCUT2D eigenvalue weighted by Crippen LogP contribution is -2.11. The fraction of sp³-hybridized carbons (Fsp3) is 0.143. The Kier molecular flexibility index (Phi) is 3.76. The van der Waals surface area contributed by atoms with E-state index in [-0.39, 0.29) is 0 Å². The number of aliphatic hydroxyl groups excluding tert-OH is 1. The molecule has 20 heavy (non-hydrogen) atoms. The SMILES string of the molecule is OC(CNc1nc(-c2ccccc2)ns1)c1ccco1. The molecule has 2 aromatic heterocycles. The number of hydrogen-bond donors (Lipinski definition) is 2. The number of hydrogen-bond acceptors (Lipinski definition) is 6. The molecule has 0 aliphatic heterocycles. The first kappa shape index (κ1) is 12.8. The first-order chi connectivity index (χ1) is 9.83. The van der Waals surface area contributed by atoms with E-state index in [1.54, 1.807) is 12.1 Å². The van der Waals surface area contributed by atoms with Crippen LogP contribution in [0.3, 0.4) is 0 Å². The minimum absolute atomic E-state index is 0.330. The fourth-order valence-electron chi connectivity index (χ4n) is 1.77. The van der Waals surface area contributed by atoms with Gasteiger partial charge in [0.05, 0.1) is 12.8 Å². The van der Waals surface area contributed by atoms with Gasteiger partial charge in [0, 0.05) is 17.1 Å². The van der Waals surface area contributed by atoms with Crippen molar-refractivity contribution in [3.8, 4) is 11.4 Å². The van der Waals surface area contributed by atoms with Crippen molar-refractivity contribution >= 4 is 16.7 Å². The molecule has 2 N–H and O–H groups in total. The molecule has 0 saturated carbocycles. The zero-order valence-corrected chi connectivity index (χ0v) is 11.4. The first-order valence-corrected chi connectivity index (χ1v) is 6.95. The van der Waals surface area contributed by atoms with E-state index < -0.39 is 6.10 Å². The Hall–Kier alpha value is -2.18. The van der Waals surface area contributed by atoms with Crippen LogP contribution in [0.2, 0.25) is 0 Å². The van der Waals surface area contributed by atoms with E-state index in [4.69, 9.17) is 4.42 Å². The Balaban J connectivity index is 1.63.